The van der Waals surface area contributed by atoms with Crippen molar-refractivity contribution in [3.63, 3.8) is 0 Å². The Bertz CT molecular complexity index is 819. The highest BCUT2D eigenvalue weighted by Gasteiger charge is 2.13. The fourth-order valence-electron chi connectivity index (χ4n) is 2.50. The summed E-state index contributed by atoms with van der Waals surface area (Å²) in [6.45, 7) is 0. The van der Waals surface area contributed by atoms with Crippen LogP contribution in [0.2, 0.25) is 5.02 Å². The molecular formula is C20H23ClN2O4. The number of hydrogen-bond donors (Lipinski definition) is 1. The monoisotopic (exact) mass is 390 g/mol. The third kappa shape index (κ3) is 5.37. The lowest BCUT2D eigenvalue weighted by molar-refractivity contribution is -0.116. The lowest BCUT2D eigenvalue weighted by Gasteiger charge is -2.13. The lowest BCUT2D eigenvalue weighted by atomic mass is 10.1. The summed E-state index contributed by atoms with van der Waals surface area (Å²) in [7, 11) is 6.43. The van der Waals surface area contributed by atoms with Gasteiger partial charge >= 0.3 is 0 Å². The first kappa shape index (κ1) is 20.6. The normalized spacial score (nSPS) is 10.3. The highest BCUT2D eigenvalue weighted by atomic mass is 35.5. The van der Waals surface area contributed by atoms with Crippen molar-refractivity contribution in [2.75, 3.05) is 33.6 Å². The van der Waals surface area contributed by atoms with Crippen molar-refractivity contribution in [3.8, 4) is 11.5 Å². The van der Waals surface area contributed by atoms with E-state index < -0.39 is 0 Å². The van der Waals surface area contributed by atoms with E-state index in [2.05, 4.69) is 5.32 Å². The second-order valence-corrected chi connectivity index (χ2v) is 6.54. The van der Waals surface area contributed by atoms with Crippen molar-refractivity contribution in [1.82, 2.24) is 4.90 Å². The molecule has 0 fully saturated rings. The fraction of sp³-hybridized carbons (Fsp3) is 0.300. The summed E-state index contributed by atoms with van der Waals surface area (Å²) < 4.78 is 10.4. The minimum atomic E-state index is -0.161. The number of carbonyl (C=O) groups excluding carboxylic acids is 2. The van der Waals surface area contributed by atoms with E-state index in [1.807, 2.05) is 12.1 Å². The Kier molecular flexibility index (Phi) is 7.07. The minimum absolute atomic E-state index is 0.0527. The number of methoxy groups -OCH3 is 2. The van der Waals surface area contributed by atoms with E-state index in [1.165, 1.54) is 19.1 Å². The number of benzene rings is 2. The zero-order valence-electron chi connectivity index (χ0n) is 15.8. The van der Waals surface area contributed by atoms with Crippen molar-refractivity contribution in [2.24, 2.45) is 0 Å². The molecule has 2 aromatic carbocycles. The van der Waals surface area contributed by atoms with E-state index in [0.717, 1.165) is 5.56 Å². The maximum Gasteiger partial charge on any atom is 0.253 e. The number of nitrogens with one attached hydrogen (secondary N) is 1. The highest BCUT2D eigenvalue weighted by Crippen LogP contribution is 2.35. The van der Waals surface area contributed by atoms with Gasteiger partial charge in [-0.15, -0.1) is 0 Å². The molecule has 1 N–H and O–H groups in total. The van der Waals surface area contributed by atoms with Gasteiger partial charge in [0.25, 0.3) is 5.91 Å². The van der Waals surface area contributed by atoms with Gasteiger partial charge in [-0.2, -0.15) is 0 Å². The number of ether oxygens (including phenoxy) is 2. The first-order chi connectivity index (χ1) is 12.8. The SMILES string of the molecule is COc1cc(NC(=O)CCc2ccc(C(=O)N(C)C)cc2)c(OC)cc1Cl. The molecule has 0 saturated carbocycles. The molecule has 27 heavy (non-hydrogen) atoms. The maximum atomic E-state index is 12.3. The van der Waals surface area contributed by atoms with Crippen molar-refractivity contribution in [2.45, 2.75) is 12.8 Å². The van der Waals surface area contributed by atoms with E-state index in [-0.39, 0.29) is 18.2 Å². The molecule has 0 bridgehead atoms. The number of hydrogen-bond acceptors (Lipinski definition) is 4. The summed E-state index contributed by atoms with van der Waals surface area (Å²) in [4.78, 5) is 25.7. The van der Waals surface area contributed by atoms with Gasteiger partial charge in [0, 0.05) is 38.2 Å². The van der Waals surface area contributed by atoms with Crippen LogP contribution in [0.1, 0.15) is 22.3 Å². The number of nitrogens with zero attached hydrogens (tertiary/aromatic N) is 1. The molecule has 0 aliphatic rings. The van der Waals surface area contributed by atoms with E-state index >= 15 is 0 Å². The Morgan fingerprint density at radius 2 is 1.67 bits per heavy atom. The number of carbonyl (C=O) groups is 2. The molecule has 0 aromatic heterocycles. The lowest BCUT2D eigenvalue weighted by Crippen LogP contribution is -2.21. The van der Waals surface area contributed by atoms with Crippen LogP contribution in [0, 0.1) is 0 Å². The standard InChI is InChI=1S/C20H23ClN2O4/c1-23(2)20(25)14-8-5-13(6-9-14)7-10-19(24)22-16-12-17(26-3)15(21)11-18(16)27-4/h5-6,8-9,11-12H,7,10H2,1-4H3,(H,22,24). The molecule has 2 amide bonds. The van der Waals surface area contributed by atoms with Crippen molar-refractivity contribution in [1.29, 1.82) is 0 Å². The molecule has 0 aliphatic heterocycles. The van der Waals surface area contributed by atoms with E-state index in [0.29, 0.717) is 34.2 Å². The predicted molar refractivity (Wildman–Crippen MR) is 106 cm³/mol. The van der Waals surface area contributed by atoms with Crippen LogP contribution in [0.3, 0.4) is 0 Å². The van der Waals surface area contributed by atoms with Crippen LogP contribution in [0.4, 0.5) is 5.69 Å². The zero-order chi connectivity index (χ0) is 20.0. The third-order valence-electron chi connectivity index (χ3n) is 4.00. The van der Waals surface area contributed by atoms with Gasteiger partial charge in [0.1, 0.15) is 11.5 Å². The summed E-state index contributed by atoms with van der Waals surface area (Å²) in [5.41, 5.74) is 2.09. The second-order valence-electron chi connectivity index (χ2n) is 6.13. The van der Waals surface area contributed by atoms with Crippen LogP contribution in [-0.2, 0) is 11.2 Å². The van der Waals surface area contributed by atoms with Gasteiger partial charge in [0.15, 0.2) is 0 Å². The van der Waals surface area contributed by atoms with Crippen LogP contribution in [0.5, 0.6) is 11.5 Å². The molecule has 0 aliphatic carbocycles. The molecule has 0 atom stereocenters. The fourth-order valence-corrected chi connectivity index (χ4v) is 2.73. The predicted octanol–water partition coefficient (Wildman–Crippen LogP) is 3.63. The van der Waals surface area contributed by atoms with Crippen LogP contribution >= 0.6 is 11.6 Å². The van der Waals surface area contributed by atoms with E-state index in [9.17, 15) is 9.59 Å². The third-order valence-corrected chi connectivity index (χ3v) is 4.29. The molecule has 0 saturated heterocycles. The van der Waals surface area contributed by atoms with Gasteiger partial charge in [-0.3, -0.25) is 9.59 Å². The number of aryl methyl sites for hydroxylation is 1. The molecule has 6 nitrogen and oxygen atoms in total. The summed E-state index contributed by atoms with van der Waals surface area (Å²) in [6, 6.07) is 10.5. The molecular weight excluding hydrogens is 368 g/mol. The summed E-state index contributed by atoms with van der Waals surface area (Å²) in [5.74, 6) is 0.698. The average Bonchev–Trinajstić information content (AvgIpc) is 2.67. The Hall–Kier alpha value is -2.73. The van der Waals surface area contributed by atoms with Crippen LogP contribution in [0.15, 0.2) is 36.4 Å². The van der Waals surface area contributed by atoms with Gasteiger partial charge in [-0.1, -0.05) is 23.7 Å². The molecule has 2 aromatic rings. The molecule has 0 unspecified atom stereocenters. The molecule has 7 heteroatoms. The highest BCUT2D eigenvalue weighted by molar-refractivity contribution is 6.32. The summed E-state index contributed by atoms with van der Waals surface area (Å²) >= 11 is 6.07. The van der Waals surface area contributed by atoms with Gasteiger partial charge in [0.2, 0.25) is 5.91 Å². The maximum absolute atomic E-state index is 12.3. The summed E-state index contributed by atoms with van der Waals surface area (Å²) in [6.07, 6.45) is 0.838. The second kappa shape index (κ2) is 9.28. The van der Waals surface area contributed by atoms with Crippen LogP contribution in [0.25, 0.3) is 0 Å². The first-order valence-corrected chi connectivity index (χ1v) is 8.75. The topological polar surface area (TPSA) is 67.9 Å². The number of amides is 2. The molecule has 0 spiro atoms. The Morgan fingerprint density at radius 1 is 1.04 bits per heavy atom. The largest absolute Gasteiger partial charge is 0.495 e. The molecule has 2 rings (SSSR count). The van der Waals surface area contributed by atoms with Crippen molar-refractivity contribution >= 4 is 29.1 Å². The van der Waals surface area contributed by atoms with E-state index in [1.54, 1.807) is 38.4 Å². The Labute approximate surface area is 164 Å². The van der Waals surface area contributed by atoms with Gasteiger partial charge in [0.05, 0.1) is 24.9 Å². The molecule has 144 valence electrons. The van der Waals surface area contributed by atoms with Crippen LogP contribution < -0.4 is 14.8 Å². The average molecular weight is 391 g/mol. The van der Waals surface area contributed by atoms with Gasteiger partial charge in [-0.05, 0) is 24.1 Å². The number of rotatable bonds is 7. The summed E-state index contributed by atoms with van der Waals surface area (Å²) in [5, 5.41) is 3.22. The number of halogens is 1. The number of anilines is 1. The zero-order valence-corrected chi connectivity index (χ0v) is 16.6. The van der Waals surface area contributed by atoms with Crippen molar-refractivity contribution < 1.29 is 19.1 Å². The molecule has 0 heterocycles. The quantitative estimate of drug-likeness (QED) is 0.783. The van der Waals surface area contributed by atoms with Gasteiger partial charge in [-0.25, -0.2) is 0 Å². The van der Waals surface area contributed by atoms with Crippen LogP contribution in [-0.4, -0.2) is 45.0 Å². The molecule has 0 radical (unpaired) electrons. The minimum Gasteiger partial charge on any atom is -0.495 e. The Balaban J connectivity index is 1.99. The van der Waals surface area contributed by atoms with Crippen molar-refractivity contribution in [3.05, 3.63) is 52.5 Å². The van der Waals surface area contributed by atoms with Gasteiger partial charge < -0.3 is 19.7 Å². The smallest absolute Gasteiger partial charge is 0.253 e. The Morgan fingerprint density at radius 3 is 2.22 bits per heavy atom. The first-order valence-electron chi connectivity index (χ1n) is 8.37. The van der Waals surface area contributed by atoms with E-state index in [4.69, 9.17) is 21.1 Å².